The summed E-state index contributed by atoms with van der Waals surface area (Å²) in [4.78, 5) is 12.5. The Morgan fingerprint density at radius 1 is 1.24 bits per heavy atom. The molecule has 33 heavy (non-hydrogen) atoms. The Labute approximate surface area is 198 Å². The number of nitrogens with one attached hydrogen (secondary N) is 1. The van der Waals surface area contributed by atoms with Gasteiger partial charge in [-0.15, -0.1) is 0 Å². The highest BCUT2D eigenvalue weighted by Gasteiger charge is 2.32. The smallest absolute Gasteiger partial charge is 0.413 e. The van der Waals surface area contributed by atoms with Gasteiger partial charge in [0, 0.05) is 35.7 Å². The van der Waals surface area contributed by atoms with Crippen molar-refractivity contribution in [2.75, 3.05) is 25.6 Å². The van der Waals surface area contributed by atoms with Crippen LogP contribution in [-0.2, 0) is 11.3 Å². The number of rotatable bonds is 7. The number of carbonyl (C=O) groups excluding carboxylic acids is 1. The van der Waals surface area contributed by atoms with Crippen LogP contribution in [0.15, 0.2) is 53.2 Å². The summed E-state index contributed by atoms with van der Waals surface area (Å²) in [5.41, 5.74) is 3.36. The summed E-state index contributed by atoms with van der Waals surface area (Å²) in [7, 11) is 1.58. The number of fused-ring (bicyclic) bond motifs is 1. The molecule has 8 nitrogen and oxygen atoms in total. The fourth-order valence-corrected chi connectivity index (χ4v) is 4.26. The number of aryl methyl sites for hydroxylation is 1. The first kappa shape index (κ1) is 22.9. The number of hydrogen-bond donors (Lipinski definition) is 1. The Hall–Kier alpha value is -3.26. The molecule has 1 aliphatic heterocycles. The molecule has 0 fully saturated rings. The number of allylic oxidation sites excluding steroid dienone is 1. The minimum absolute atomic E-state index is 0.159. The third kappa shape index (κ3) is 4.75. The molecule has 1 aromatic heterocycles. The molecular weight excluding hydrogens is 442 g/mol. The number of methoxy groups -OCH3 is 1. The van der Waals surface area contributed by atoms with Crippen LogP contribution < -0.4 is 10.1 Å². The van der Waals surface area contributed by atoms with Crippen LogP contribution in [-0.4, -0.2) is 52.9 Å². The Kier molecular flexibility index (Phi) is 6.74. The summed E-state index contributed by atoms with van der Waals surface area (Å²) in [6.07, 6.45) is 5.60. The lowest BCUT2D eigenvalue weighted by atomic mass is 9.90. The van der Waals surface area contributed by atoms with Gasteiger partial charge < -0.3 is 9.47 Å². The molecule has 0 spiro atoms. The summed E-state index contributed by atoms with van der Waals surface area (Å²) in [5, 5.41) is 14.7. The molecule has 174 valence electrons. The van der Waals surface area contributed by atoms with Crippen LogP contribution >= 0.6 is 11.6 Å². The van der Waals surface area contributed by atoms with Crippen LogP contribution in [0.1, 0.15) is 20.8 Å². The van der Waals surface area contributed by atoms with Crippen LogP contribution in [0, 0.1) is 5.92 Å². The van der Waals surface area contributed by atoms with E-state index in [1.165, 1.54) is 0 Å². The minimum Gasteiger partial charge on any atom is -0.496 e. The normalized spacial score (nSPS) is 19.1. The summed E-state index contributed by atoms with van der Waals surface area (Å²) in [5.74, 6) is 1.43. The summed E-state index contributed by atoms with van der Waals surface area (Å²) < 4.78 is 12.6. The van der Waals surface area contributed by atoms with E-state index in [1.54, 1.807) is 30.0 Å². The number of halogens is 1. The van der Waals surface area contributed by atoms with Crippen molar-refractivity contribution >= 4 is 29.2 Å². The molecule has 2 aliphatic rings. The van der Waals surface area contributed by atoms with E-state index in [1.807, 2.05) is 25.1 Å². The van der Waals surface area contributed by atoms with Gasteiger partial charge >= 0.3 is 6.09 Å². The van der Waals surface area contributed by atoms with Gasteiger partial charge in [-0.05, 0) is 50.6 Å². The van der Waals surface area contributed by atoms with Gasteiger partial charge in [0.05, 0.1) is 24.6 Å². The van der Waals surface area contributed by atoms with E-state index < -0.39 is 6.09 Å². The van der Waals surface area contributed by atoms with E-state index in [0.717, 1.165) is 23.4 Å². The SMILES string of the molecule is CCN1N=C2C=C(COC(=O)Nc3cc(-c4ccc(Cl)cc4OC)nn3CC)C=CC2C1C. The Balaban J connectivity index is 1.42. The van der Waals surface area contributed by atoms with Crippen LogP contribution in [0.4, 0.5) is 10.6 Å². The first-order valence-corrected chi connectivity index (χ1v) is 11.4. The van der Waals surface area contributed by atoms with Crippen LogP contribution in [0.25, 0.3) is 11.3 Å². The molecule has 0 radical (unpaired) electrons. The molecule has 2 atom stereocenters. The lowest BCUT2D eigenvalue weighted by molar-refractivity contribution is 0.172. The fourth-order valence-electron chi connectivity index (χ4n) is 4.09. The average Bonchev–Trinajstić information content (AvgIpc) is 3.37. The van der Waals surface area contributed by atoms with Gasteiger partial charge in [-0.1, -0.05) is 23.8 Å². The quantitative estimate of drug-likeness (QED) is 0.619. The first-order valence-electron chi connectivity index (χ1n) is 11.0. The lowest BCUT2D eigenvalue weighted by Gasteiger charge is -2.22. The molecule has 1 N–H and O–H groups in total. The average molecular weight is 470 g/mol. The first-order chi connectivity index (χ1) is 15.9. The zero-order valence-corrected chi connectivity index (χ0v) is 20.0. The van der Waals surface area contributed by atoms with Crippen LogP contribution in [0.5, 0.6) is 5.75 Å². The summed E-state index contributed by atoms with van der Waals surface area (Å²) in [6.45, 7) is 7.81. The number of aromatic nitrogens is 2. The van der Waals surface area contributed by atoms with Crippen molar-refractivity contribution in [3.8, 4) is 17.0 Å². The van der Waals surface area contributed by atoms with E-state index in [4.69, 9.17) is 21.1 Å². The van der Waals surface area contributed by atoms with Crippen LogP contribution in [0.2, 0.25) is 5.02 Å². The molecule has 2 heterocycles. The van der Waals surface area contributed by atoms with Gasteiger partial charge in [-0.25, -0.2) is 9.48 Å². The van der Waals surface area contributed by atoms with E-state index in [0.29, 0.717) is 34.9 Å². The van der Waals surface area contributed by atoms with Crippen molar-refractivity contribution in [3.05, 3.63) is 53.1 Å². The van der Waals surface area contributed by atoms with Gasteiger partial charge in [-0.2, -0.15) is 10.2 Å². The van der Waals surface area contributed by atoms with Crippen molar-refractivity contribution < 1.29 is 14.3 Å². The molecule has 0 bridgehead atoms. The van der Waals surface area contributed by atoms with Crippen molar-refractivity contribution in [1.29, 1.82) is 0 Å². The number of hydrogen-bond acceptors (Lipinski definition) is 6. The minimum atomic E-state index is -0.549. The Bertz CT molecular complexity index is 1140. The molecule has 1 aliphatic carbocycles. The highest BCUT2D eigenvalue weighted by molar-refractivity contribution is 6.30. The van der Waals surface area contributed by atoms with Gasteiger partial charge in [0.15, 0.2) is 0 Å². The predicted molar refractivity (Wildman–Crippen MR) is 130 cm³/mol. The number of amides is 1. The van der Waals surface area contributed by atoms with Gasteiger partial charge in [0.2, 0.25) is 0 Å². The number of carbonyl (C=O) groups is 1. The second-order valence-electron chi connectivity index (χ2n) is 7.90. The molecule has 4 rings (SSSR count). The van der Waals surface area contributed by atoms with Crippen molar-refractivity contribution in [1.82, 2.24) is 14.8 Å². The second kappa shape index (κ2) is 9.70. The molecule has 0 saturated heterocycles. The largest absolute Gasteiger partial charge is 0.496 e. The lowest BCUT2D eigenvalue weighted by Crippen LogP contribution is -2.29. The zero-order chi connectivity index (χ0) is 23.5. The Morgan fingerprint density at radius 3 is 2.79 bits per heavy atom. The number of benzene rings is 1. The number of ether oxygens (including phenoxy) is 2. The fraction of sp³-hybridized carbons (Fsp3) is 0.375. The zero-order valence-electron chi connectivity index (χ0n) is 19.2. The van der Waals surface area contributed by atoms with Gasteiger partial charge in [0.1, 0.15) is 18.2 Å². The molecular formula is C24H28ClN5O3. The number of anilines is 1. The maximum absolute atomic E-state index is 12.5. The highest BCUT2D eigenvalue weighted by atomic mass is 35.5. The molecule has 1 aromatic carbocycles. The Morgan fingerprint density at radius 2 is 2.06 bits per heavy atom. The molecule has 2 aromatic rings. The number of nitrogens with zero attached hydrogens (tertiary/aromatic N) is 4. The van der Waals surface area contributed by atoms with E-state index in [-0.39, 0.29) is 12.5 Å². The standard InChI is InChI=1S/C24H28ClN5O3/c1-5-29-15(3)18-9-7-16(11-20(18)27-29)14-33-24(31)26-23-13-21(28-30(23)6-2)19-10-8-17(25)12-22(19)32-4/h7-13,15,18H,5-6,14H2,1-4H3,(H,26,31). The predicted octanol–water partition coefficient (Wildman–Crippen LogP) is 4.97. The van der Waals surface area contributed by atoms with E-state index >= 15 is 0 Å². The maximum Gasteiger partial charge on any atom is 0.413 e. The summed E-state index contributed by atoms with van der Waals surface area (Å²) >= 11 is 6.07. The van der Waals surface area contributed by atoms with Gasteiger partial charge in [0.25, 0.3) is 0 Å². The topological polar surface area (TPSA) is 81.0 Å². The summed E-state index contributed by atoms with van der Waals surface area (Å²) in [6, 6.07) is 7.47. The molecule has 0 saturated carbocycles. The molecule has 1 amide bonds. The van der Waals surface area contributed by atoms with Crippen molar-refractivity contribution in [3.63, 3.8) is 0 Å². The van der Waals surface area contributed by atoms with E-state index in [9.17, 15) is 4.79 Å². The third-order valence-corrected chi connectivity index (χ3v) is 6.10. The van der Waals surface area contributed by atoms with Crippen molar-refractivity contribution in [2.24, 2.45) is 11.0 Å². The van der Waals surface area contributed by atoms with Crippen molar-refractivity contribution in [2.45, 2.75) is 33.4 Å². The highest BCUT2D eigenvalue weighted by Crippen LogP contribution is 2.33. The van der Waals surface area contributed by atoms with E-state index in [2.05, 4.69) is 40.4 Å². The number of hydrazone groups is 1. The monoisotopic (exact) mass is 469 g/mol. The maximum atomic E-state index is 12.5. The molecule has 2 unspecified atom stereocenters. The molecule has 9 heteroatoms. The van der Waals surface area contributed by atoms with Crippen LogP contribution in [0.3, 0.4) is 0 Å². The second-order valence-corrected chi connectivity index (χ2v) is 8.34. The van der Waals surface area contributed by atoms with Gasteiger partial charge in [-0.3, -0.25) is 10.3 Å². The third-order valence-electron chi connectivity index (χ3n) is 5.87.